The molecule has 3 aromatic rings. The second kappa shape index (κ2) is 12.2. The van der Waals surface area contributed by atoms with Crippen LogP contribution in [0.2, 0.25) is 0 Å². The maximum absolute atomic E-state index is 14.4. The molecule has 0 N–H and O–H groups in total. The van der Waals surface area contributed by atoms with Crippen molar-refractivity contribution in [3.05, 3.63) is 75.6 Å². The van der Waals surface area contributed by atoms with E-state index in [1.807, 2.05) is 19.9 Å². The fourth-order valence-electron chi connectivity index (χ4n) is 4.25. The molecular weight excluding hydrogens is 481 g/mol. The molecule has 2 aliphatic rings. The van der Waals surface area contributed by atoms with Crippen molar-refractivity contribution in [2.75, 3.05) is 32.8 Å². The van der Waals surface area contributed by atoms with E-state index in [-0.39, 0.29) is 11.4 Å². The number of nitro groups is 1. The summed E-state index contributed by atoms with van der Waals surface area (Å²) in [5.41, 5.74) is 1.60. The zero-order chi connectivity index (χ0) is 25.5. The third-order valence-electron chi connectivity index (χ3n) is 6.05. The lowest BCUT2D eigenvalue weighted by Gasteiger charge is -2.29. The summed E-state index contributed by atoms with van der Waals surface area (Å²) in [5.74, 6) is 0.130. The molecule has 36 heavy (non-hydrogen) atoms. The van der Waals surface area contributed by atoms with Gasteiger partial charge in [0.05, 0.1) is 34.4 Å². The van der Waals surface area contributed by atoms with E-state index in [9.17, 15) is 14.5 Å². The van der Waals surface area contributed by atoms with Gasteiger partial charge in [0.2, 0.25) is 0 Å². The minimum Gasteiger partial charge on any atom is -0.453 e. The highest BCUT2D eigenvalue weighted by Crippen LogP contribution is 2.39. The molecule has 0 bridgehead atoms. The van der Waals surface area contributed by atoms with E-state index < -0.39 is 10.7 Å². The first-order valence-electron chi connectivity index (χ1n) is 12.3. The first kappa shape index (κ1) is 25.9. The van der Waals surface area contributed by atoms with Crippen molar-refractivity contribution >= 4 is 32.8 Å². The van der Waals surface area contributed by atoms with Crippen molar-refractivity contribution in [3.63, 3.8) is 0 Å². The number of ether oxygens (including phenoxy) is 2. The predicted molar refractivity (Wildman–Crippen MR) is 141 cm³/mol. The lowest BCUT2D eigenvalue weighted by atomic mass is 10.0. The molecule has 2 aromatic heterocycles. The van der Waals surface area contributed by atoms with Crippen LogP contribution in [0.15, 0.2) is 54.8 Å². The summed E-state index contributed by atoms with van der Waals surface area (Å²) < 4.78 is 26.4. The second-order valence-corrected chi connectivity index (χ2v) is 9.43. The van der Waals surface area contributed by atoms with Gasteiger partial charge in [-0.2, -0.15) is 0 Å². The standard InChI is InChI=1S/C25H24FN3O4S.C2H6/c26-20-14-19(29(30)31)6-7-22(20)33-23-8-9-27-21-15-24(34-25(21)23)18-3-1-2-17(4-5-18)16-28-10-12-32-13-11-28;1-2/h3-9,14-15,17H,1-2,10-13,16H2;1-2H3. The Kier molecular flexibility index (Phi) is 8.79. The fourth-order valence-corrected chi connectivity index (χ4v) is 5.34. The minimum absolute atomic E-state index is 0.0624. The van der Waals surface area contributed by atoms with Crippen LogP contribution < -0.4 is 4.74 Å². The molecule has 0 spiro atoms. The number of allylic oxidation sites excluding steroid dienone is 3. The van der Waals surface area contributed by atoms with Crippen molar-refractivity contribution in [3.8, 4) is 11.5 Å². The number of nitro benzene ring substituents is 1. The van der Waals surface area contributed by atoms with Gasteiger partial charge in [0, 0.05) is 42.8 Å². The summed E-state index contributed by atoms with van der Waals surface area (Å²) >= 11 is 1.55. The number of benzene rings is 1. The molecule has 1 aromatic carbocycles. The first-order chi connectivity index (χ1) is 17.6. The average molecular weight is 512 g/mol. The Labute approximate surface area is 214 Å². The molecule has 1 fully saturated rings. The monoisotopic (exact) mass is 511 g/mol. The molecule has 9 heteroatoms. The molecule has 0 amide bonds. The lowest BCUT2D eigenvalue weighted by molar-refractivity contribution is -0.385. The molecule has 1 aliphatic carbocycles. The summed E-state index contributed by atoms with van der Waals surface area (Å²) in [6, 6.07) is 7.07. The lowest BCUT2D eigenvalue weighted by Crippen LogP contribution is -2.39. The molecule has 1 unspecified atom stereocenters. The highest BCUT2D eigenvalue weighted by molar-refractivity contribution is 7.20. The van der Waals surface area contributed by atoms with Crippen molar-refractivity contribution in [1.82, 2.24) is 9.88 Å². The van der Waals surface area contributed by atoms with Gasteiger partial charge in [-0.1, -0.05) is 32.1 Å². The Bertz CT molecular complexity index is 1270. The van der Waals surface area contributed by atoms with Gasteiger partial charge in [-0.25, -0.2) is 4.39 Å². The molecule has 1 aliphatic heterocycles. The van der Waals surface area contributed by atoms with Gasteiger partial charge in [0.25, 0.3) is 5.69 Å². The van der Waals surface area contributed by atoms with Gasteiger partial charge in [-0.15, -0.1) is 11.3 Å². The number of non-ortho nitro benzene ring substituents is 1. The first-order valence-corrected chi connectivity index (χ1v) is 13.1. The Balaban J connectivity index is 0.00000148. The van der Waals surface area contributed by atoms with E-state index in [1.54, 1.807) is 23.6 Å². The van der Waals surface area contributed by atoms with Crippen LogP contribution in [0.1, 0.15) is 31.6 Å². The maximum atomic E-state index is 14.4. The Morgan fingerprint density at radius 2 is 2.03 bits per heavy atom. The van der Waals surface area contributed by atoms with E-state index in [1.165, 1.54) is 12.1 Å². The van der Waals surface area contributed by atoms with Gasteiger partial charge in [-0.3, -0.25) is 20.0 Å². The quantitative estimate of drug-likeness (QED) is 0.266. The number of aromatic nitrogens is 1. The number of rotatable bonds is 6. The molecule has 190 valence electrons. The van der Waals surface area contributed by atoms with Gasteiger partial charge in [0.1, 0.15) is 5.75 Å². The van der Waals surface area contributed by atoms with Crippen molar-refractivity contribution in [1.29, 1.82) is 0 Å². The number of fused-ring (bicyclic) bond motifs is 1. The van der Waals surface area contributed by atoms with Crippen LogP contribution >= 0.6 is 11.3 Å². The Morgan fingerprint density at radius 3 is 2.78 bits per heavy atom. The van der Waals surface area contributed by atoms with Crippen LogP contribution in [0, 0.1) is 21.8 Å². The topological polar surface area (TPSA) is 77.7 Å². The predicted octanol–water partition coefficient (Wildman–Crippen LogP) is 6.84. The highest BCUT2D eigenvalue weighted by Gasteiger charge is 2.18. The zero-order valence-corrected chi connectivity index (χ0v) is 21.3. The van der Waals surface area contributed by atoms with Crippen molar-refractivity contribution in [2.24, 2.45) is 5.92 Å². The summed E-state index contributed by atoms with van der Waals surface area (Å²) in [6.45, 7) is 8.65. The second-order valence-electron chi connectivity index (χ2n) is 8.38. The van der Waals surface area contributed by atoms with Crippen LogP contribution in [-0.4, -0.2) is 47.7 Å². The fraction of sp³-hybridized carbons (Fsp3) is 0.370. The maximum Gasteiger partial charge on any atom is 0.272 e. The number of halogens is 1. The number of hydrogen-bond acceptors (Lipinski definition) is 7. The third-order valence-corrected chi connectivity index (χ3v) is 7.24. The van der Waals surface area contributed by atoms with Gasteiger partial charge >= 0.3 is 0 Å². The number of thiophene rings is 1. The van der Waals surface area contributed by atoms with Crippen LogP contribution in [-0.2, 0) is 4.74 Å². The van der Waals surface area contributed by atoms with E-state index in [2.05, 4.69) is 28.1 Å². The molecule has 0 radical (unpaired) electrons. The van der Waals surface area contributed by atoms with Crippen LogP contribution in [0.5, 0.6) is 11.5 Å². The minimum atomic E-state index is -0.781. The molecule has 3 heterocycles. The highest BCUT2D eigenvalue weighted by atomic mass is 32.1. The summed E-state index contributed by atoms with van der Waals surface area (Å²) in [5, 5.41) is 10.9. The number of nitrogens with zero attached hydrogens (tertiary/aromatic N) is 3. The molecule has 0 saturated carbocycles. The number of hydrogen-bond donors (Lipinski definition) is 0. The summed E-state index contributed by atoms with van der Waals surface area (Å²) in [6.07, 6.45) is 10.5. The normalized spacial score (nSPS) is 18.2. The van der Waals surface area contributed by atoms with Crippen molar-refractivity contribution < 1.29 is 18.8 Å². The third kappa shape index (κ3) is 6.16. The molecule has 1 atom stereocenters. The SMILES string of the molecule is CC.O=[N+]([O-])c1ccc(Oc2ccnc3cc(C4=CCCC(CN5CCOCC5)C=C4)sc23)c(F)c1. The summed E-state index contributed by atoms with van der Waals surface area (Å²) in [4.78, 5) is 18.2. The van der Waals surface area contributed by atoms with Crippen LogP contribution in [0.25, 0.3) is 15.8 Å². The Morgan fingerprint density at radius 1 is 1.22 bits per heavy atom. The Hall–Kier alpha value is -3.14. The van der Waals surface area contributed by atoms with Gasteiger partial charge in [0.15, 0.2) is 11.6 Å². The van der Waals surface area contributed by atoms with E-state index in [0.29, 0.717) is 11.7 Å². The smallest absolute Gasteiger partial charge is 0.272 e. The van der Waals surface area contributed by atoms with Crippen LogP contribution in [0.3, 0.4) is 0 Å². The molecule has 5 rings (SSSR count). The van der Waals surface area contributed by atoms with E-state index >= 15 is 0 Å². The van der Waals surface area contributed by atoms with E-state index in [4.69, 9.17) is 9.47 Å². The summed E-state index contributed by atoms with van der Waals surface area (Å²) in [7, 11) is 0. The molecule has 7 nitrogen and oxygen atoms in total. The molecule has 1 saturated heterocycles. The number of pyridine rings is 1. The van der Waals surface area contributed by atoms with Gasteiger partial charge in [-0.05, 0) is 36.5 Å². The van der Waals surface area contributed by atoms with Crippen molar-refractivity contribution in [2.45, 2.75) is 26.7 Å². The van der Waals surface area contributed by atoms with Crippen LogP contribution in [0.4, 0.5) is 10.1 Å². The largest absolute Gasteiger partial charge is 0.453 e. The van der Waals surface area contributed by atoms with E-state index in [0.717, 1.165) is 72.4 Å². The van der Waals surface area contributed by atoms with Gasteiger partial charge < -0.3 is 9.47 Å². The zero-order valence-electron chi connectivity index (χ0n) is 20.5. The molecular formula is C27H30FN3O4S. The average Bonchev–Trinajstić information content (AvgIpc) is 3.21. The number of morpholine rings is 1.